The van der Waals surface area contributed by atoms with Gasteiger partial charge in [0.1, 0.15) is 0 Å². The molecule has 1 aromatic heterocycles. The summed E-state index contributed by atoms with van der Waals surface area (Å²) in [7, 11) is 0. The van der Waals surface area contributed by atoms with E-state index in [-0.39, 0.29) is 6.61 Å². The molecule has 0 atom stereocenters. The Bertz CT molecular complexity index is 510. The Balaban J connectivity index is 2.55. The van der Waals surface area contributed by atoms with E-state index < -0.39 is 11.2 Å². The molecule has 0 spiro atoms. The van der Waals surface area contributed by atoms with Crippen LogP contribution >= 0.6 is 0 Å². The quantitative estimate of drug-likeness (QED) is 0.714. The number of H-pyrrole nitrogens is 1. The maximum Gasteiger partial charge on any atom is 0.332 e. The van der Waals surface area contributed by atoms with Gasteiger partial charge in [0, 0.05) is 18.0 Å². The van der Waals surface area contributed by atoms with E-state index in [4.69, 9.17) is 5.11 Å². The third-order valence-electron chi connectivity index (χ3n) is 2.61. The summed E-state index contributed by atoms with van der Waals surface area (Å²) >= 11 is 0. The number of aliphatic hydroxyl groups is 1. The van der Waals surface area contributed by atoms with Gasteiger partial charge in [0.05, 0.1) is 6.61 Å². The van der Waals surface area contributed by atoms with Crippen molar-refractivity contribution in [3.8, 4) is 0 Å². The summed E-state index contributed by atoms with van der Waals surface area (Å²) < 4.78 is 1.40. The van der Waals surface area contributed by atoms with Crippen LogP contribution in [0.3, 0.4) is 0 Å². The van der Waals surface area contributed by atoms with Gasteiger partial charge < -0.3 is 5.11 Å². The molecule has 0 aromatic carbocycles. The molecular weight excluding hydrogens is 196 g/mol. The first-order valence-electron chi connectivity index (χ1n) is 4.86. The number of aliphatic hydroxyl groups excluding tert-OH is 1. The van der Waals surface area contributed by atoms with E-state index in [0.29, 0.717) is 0 Å². The van der Waals surface area contributed by atoms with E-state index >= 15 is 0 Å². The van der Waals surface area contributed by atoms with Gasteiger partial charge in [-0.25, -0.2) is 4.79 Å². The number of aromatic amines is 1. The van der Waals surface area contributed by atoms with Crippen molar-refractivity contribution in [2.75, 3.05) is 6.61 Å². The number of nitrogens with one attached hydrogen (secondary N) is 1. The first-order valence-corrected chi connectivity index (χ1v) is 4.86. The van der Waals surface area contributed by atoms with Crippen LogP contribution in [0.4, 0.5) is 0 Å². The van der Waals surface area contributed by atoms with E-state index in [2.05, 4.69) is 4.98 Å². The highest BCUT2D eigenvalue weighted by Crippen LogP contribution is 2.27. The van der Waals surface area contributed by atoms with E-state index in [0.717, 1.165) is 30.5 Å². The molecule has 2 rings (SSSR count). The van der Waals surface area contributed by atoms with Crippen molar-refractivity contribution >= 4 is 5.70 Å². The van der Waals surface area contributed by atoms with Gasteiger partial charge in [0.15, 0.2) is 0 Å². The molecule has 5 heteroatoms. The highest BCUT2D eigenvalue weighted by Gasteiger charge is 2.16. The Morgan fingerprint density at radius 2 is 2.20 bits per heavy atom. The van der Waals surface area contributed by atoms with Gasteiger partial charge in [-0.15, -0.1) is 0 Å². The smallest absolute Gasteiger partial charge is 0.332 e. The van der Waals surface area contributed by atoms with Crippen LogP contribution in [-0.4, -0.2) is 21.3 Å². The average molecular weight is 208 g/mol. The number of allylic oxidation sites excluding steroid dienone is 1. The van der Waals surface area contributed by atoms with Crippen LogP contribution in [-0.2, 0) is 0 Å². The zero-order chi connectivity index (χ0) is 10.8. The molecule has 0 saturated heterocycles. The topological polar surface area (TPSA) is 75.1 Å². The predicted molar refractivity (Wildman–Crippen MR) is 55.5 cm³/mol. The fraction of sp³-hybridized carbons (Fsp3) is 0.400. The van der Waals surface area contributed by atoms with Crippen molar-refractivity contribution in [3.05, 3.63) is 38.7 Å². The number of hydrogen-bond acceptors (Lipinski definition) is 3. The van der Waals surface area contributed by atoms with Crippen LogP contribution in [0, 0.1) is 0 Å². The molecule has 0 fully saturated rings. The lowest BCUT2D eigenvalue weighted by Gasteiger charge is -2.07. The van der Waals surface area contributed by atoms with Crippen LogP contribution in [0.5, 0.6) is 0 Å². The zero-order valence-electron chi connectivity index (χ0n) is 8.19. The Hall–Kier alpha value is -1.62. The van der Waals surface area contributed by atoms with Crippen LogP contribution in [0.1, 0.15) is 19.3 Å². The van der Waals surface area contributed by atoms with Crippen LogP contribution in [0.25, 0.3) is 5.70 Å². The summed E-state index contributed by atoms with van der Waals surface area (Å²) in [5, 5.41) is 9.10. The van der Waals surface area contributed by atoms with Gasteiger partial charge in [-0.3, -0.25) is 14.3 Å². The SMILES string of the molecule is O=c1ccn(C2=C(CO)CCC2)c(=O)[nH]1. The molecule has 0 unspecified atom stereocenters. The molecule has 1 aromatic rings. The molecule has 1 aliphatic carbocycles. The normalized spacial score (nSPS) is 16.1. The lowest BCUT2D eigenvalue weighted by Crippen LogP contribution is -2.28. The van der Waals surface area contributed by atoms with Crippen molar-refractivity contribution in [2.45, 2.75) is 19.3 Å². The molecule has 15 heavy (non-hydrogen) atoms. The second-order valence-corrected chi connectivity index (χ2v) is 3.54. The summed E-state index contributed by atoms with van der Waals surface area (Å²) in [6, 6.07) is 1.31. The monoisotopic (exact) mass is 208 g/mol. The molecule has 0 aliphatic heterocycles. The van der Waals surface area contributed by atoms with Gasteiger partial charge in [-0.2, -0.15) is 0 Å². The third kappa shape index (κ3) is 1.78. The van der Waals surface area contributed by atoms with E-state index in [1.54, 1.807) is 0 Å². The number of hydrogen-bond donors (Lipinski definition) is 2. The number of aromatic nitrogens is 2. The van der Waals surface area contributed by atoms with E-state index in [1.165, 1.54) is 16.8 Å². The summed E-state index contributed by atoms with van der Waals surface area (Å²) in [5.41, 5.74) is 0.855. The molecule has 1 aliphatic rings. The van der Waals surface area contributed by atoms with Gasteiger partial charge >= 0.3 is 5.69 Å². The van der Waals surface area contributed by atoms with Crippen molar-refractivity contribution in [1.29, 1.82) is 0 Å². The summed E-state index contributed by atoms with van der Waals surface area (Å²) in [4.78, 5) is 24.6. The zero-order valence-corrected chi connectivity index (χ0v) is 8.19. The lowest BCUT2D eigenvalue weighted by atomic mass is 10.2. The minimum atomic E-state index is -0.439. The molecule has 0 saturated carbocycles. The maximum absolute atomic E-state index is 11.5. The van der Waals surface area contributed by atoms with Gasteiger partial charge in [0.25, 0.3) is 5.56 Å². The number of rotatable bonds is 2. The lowest BCUT2D eigenvalue weighted by molar-refractivity contribution is 0.328. The average Bonchev–Trinajstić information content (AvgIpc) is 2.65. The van der Waals surface area contributed by atoms with Gasteiger partial charge in [0.2, 0.25) is 0 Å². The minimum Gasteiger partial charge on any atom is -0.392 e. The first kappa shape index (κ1) is 9.92. The molecule has 5 nitrogen and oxygen atoms in total. The molecule has 1 heterocycles. The van der Waals surface area contributed by atoms with Gasteiger partial charge in [-0.1, -0.05) is 0 Å². The van der Waals surface area contributed by atoms with Crippen molar-refractivity contribution < 1.29 is 5.11 Å². The molecule has 0 bridgehead atoms. The summed E-state index contributed by atoms with van der Waals surface area (Å²) in [6.45, 7) is -0.0269. The van der Waals surface area contributed by atoms with Gasteiger partial charge in [-0.05, 0) is 24.8 Å². The highest BCUT2D eigenvalue weighted by molar-refractivity contribution is 5.53. The highest BCUT2D eigenvalue weighted by atomic mass is 16.3. The second-order valence-electron chi connectivity index (χ2n) is 3.54. The largest absolute Gasteiger partial charge is 0.392 e. The Kier molecular flexibility index (Phi) is 2.55. The number of nitrogens with zero attached hydrogens (tertiary/aromatic N) is 1. The maximum atomic E-state index is 11.5. The Labute approximate surface area is 85.7 Å². The molecular formula is C10H12N2O3. The third-order valence-corrected chi connectivity index (χ3v) is 2.61. The molecule has 2 N–H and O–H groups in total. The van der Waals surface area contributed by atoms with E-state index in [9.17, 15) is 9.59 Å². The molecule has 0 radical (unpaired) electrons. The molecule has 0 amide bonds. The van der Waals surface area contributed by atoms with Crippen molar-refractivity contribution in [3.63, 3.8) is 0 Å². The van der Waals surface area contributed by atoms with Crippen LogP contribution < -0.4 is 11.2 Å². The first-order chi connectivity index (χ1) is 7.22. The molecule has 80 valence electrons. The fourth-order valence-corrected chi connectivity index (χ4v) is 1.88. The standard InChI is InChI=1S/C10H12N2O3/c13-6-7-2-1-3-8(7)12-5-4-9(14)11-10(12)15/h4-5,13H,1-3,6H2,(H,11,14,15). The minimum absolute atomic E-state index is 0.0269. The fourth-order valence-electron chi connectivity index (χ4n) is 1.88. The Morgan fingerprint density at radius 1 is 1.40 bits per heavy atom. The van der Waals surface area contributed by atoms with Crippen LogP contribution in [0.15, 0.2) is 27.4 Å². The second kappa shape index (κ2) is 3.86. The van der Waals surface area contributed by atoms with Crippen molar-refractivity contribution in [1.82, 2.24) is 9.55 Å². The van der Waals surface area contributed by atoms with Crippen LogP contribution in [0.2, 0.25) is 0 Å². The predicted octanol–water partition coefficient (Wildman–Crippen LogP) is -0.0761. The summed E-state index contributed by atoms with van der Waals surface area (Å²) in [6.07, 6.45) is 3.98. The summed E-state index contributed by atoms with van der Waals surface area (Å²) in [5.74, 6) is 0. The Morgan fingerprint density at radius 3 is 2.87 bits per heavy atom. The van der Waals surface area contributed by atoms with E-state index in [1.807, 2.05) is 0 Å². The van der Waals surface area contributed by atoms with Crippen molar-refractivity contribution in [2.24, 2.45) is 0 Å².